The van der Waals surface area contributed by atoms with Gasteiger partial charge in [0.1, 0.15) is 11.2 Å². The number of rotatable bonds is 6. The van der Waals surface area contributed by atoms with Gasteiger partial charge >= 0.3 is 0 Å². The summed E-state index contributed by atoms with van der Waals surface area (Å²) in [5.74, 6) is 1.65. The van der Waals surface area contributed by atoms with Gasteiger partial charge in [0, 0.05) is 60.1 Å². The maximum atomic E-state index is 6.43. The number of aromatic nitrogens is 5. The van der Waals surface area contributed by atoms with Crippen LogP contribution in [0.2, 0.25) is 0 Å². The maximum Gasteiger partial charge on any atom is 0.238 e. The Bertz CT molecular complexity index is 4880. The van der Waals surface area contributed by atoms with Crippen LogP contribution in [0.3, 0.4) is 0 Å². The molecule has 0 N–H and O–H groups in total. The lowest BCUT2D eigenvalue weighted by atomic mass is 9.81. The van der Waals surface area contributed by atoms with Crippen molar-refractivity contribution in [3.63, 3.8) is 0 Å². The zero-order chi connectivity index (χ0) is 50.2. The van der Waals surface area contributed by atoms with E-state index in [9.17, 15) is 0 Å². The van der Waals surface area contributed by atoms with E-state index in [1.165, 1.54) is 54.9 Å². The van der Waals surface area contributed by atoms with E-state index in [0.29, 0.717) is 17.6 Å². The van der Waals surface area contributed by atoms with Crippen molar-refractivity contribution in [2.75, 3.05) is 0 Å². The highest BCUT2D eigenvalue weighted by molar-refractivity contribution is 6.23. The molecule has 4 aromatic heterocycles. The minimum absolute atomic E-state index is 0.0946. The molecule has 11 aromatic carbocycles. The van der Waals surface area contributed by atoms with E-state index in [1.807, 2.05) is 18.2 Å². The van der Waals surface area contributed by atoms with Crippen LogP contribution < -0.4 is 0 Å². The molecule has 0 bridgehead atoms. The maximum absolute atomic E-state index is 6.43. The van der Waals surface area contributed by atoms with Gasteiger partial charge in [-0.25, -0.2) is 4.98 Å². The zero-order valence-corrected chi connectivity index (χ0v) is 41.7. The van der Waals surface area contributed by atoms with Gasteiger partial charge in [-0.15, -0.1) is 0 Å². The molecule has 0 radical (unpaired) electrons. The van der Waals surface area contributed by atoms with E-state index < -0.39 is 0 Å². The van der Waals surface area contributed by atoms with Crippen molar-refractivity contribution in [2.45, 2.75) is 19.3 Å². The second-order valence-electron chi connectivity index (χ2n) is 20.7. The van der Waals surface area contributed by atoms with Crippen molar-refractivity contribution < 1.29 is 4.42 Å². The molecule has 0 fully saturated rings. The fraction of sp³-hybridized carbons (Fsp3) is 0.0429. The molecule has 4 heterocycles. The van der Waals surface area contributed by atoms with Crippen molar-refractivity contribution in [3.8, 4) is 67.8 Å². The molecule has 15 aromatic rings. The van der Waals surface area contributed by atoms with E-state index in [-0.39, 0.29) is 5.41 Å². The number of hydrogen-bond donors (Lipinski definition) is 0. The molecule has 0 spiro atoms. The van der Waals surface area contributed by atoms with Crippen LogP contribution in [0.15, 0.2) is 241 Å². The Morgan fingerprint density at radius 1 is 0.355 bits per heavy atom. The molecule has 0 aliphatic heterocycles. The zero-order valence-electron chi connectivity index (χ0n) is 41.7. The fourth-order valence-electron chi connectivity index (χ4n) is 12.6. The summed E-state index contributed by atoms with van der Waals surface area (Å²) in [6.45, 7) is 4.70. The summed E-state index contributed by atoms with van der Waals surface area (Å²) in [4.78, 5) is 16.1. The van der Waals surface area contributed by atoms with Crippen LogP contribution in [0, 0.1) is 0 Å². The highest BCUT2D eigenvalue weighted by Gasteiger charge is 2.35. The average Bonchev–Trinajstić information content (AvgIpc) is 4.32. The summed E-state index contributed by atoms with van der Waals surface area (Å²) in [5, 5.41) is 9.21. The first-order valence-electron chi connectivity index (χ1n) is 26.0. The second kappa shape index (κ2) is 16.0. The Morgan fingerprint density at radius 3 is 1.80 bits per heavy atom. The van der Waals surface area contributed by atoms with E-state index in [1.54, 1.807) is 0 Å². The van der Waals surface area contributed by atoms with Gasteiger partial charge in [0.05, 0.1) is 22.1 Å². The predicted octanol–water partition coefficient (Wildman–Crippen LogP) is 18.1. The quantitative estimate of drug-likeness (QED) is 0.167. The molecule has 356 valence electrons. The van der Waals surface area contributed by atoms with Gasteiger partial charge in [0.15, 0.2) is 11.6 Å². The summed E-state index contributed by atoms with van der Waals surface area (Å²) in [6.07, 6.45) is 0. The van der Waals surface area contributed by atoms with Gasteiger partial charge in [-0.2, -0.15) is 9.97 Å². The Balaban J connectivity index is 0.900. The second-order valence-corrected chi connectivity index (χ2v) is 20.7. The highest BCUT2D eigenvalue weighted by atomic mass is 16.3. The van der Waals surface area contributed by atoms with E-state index in [4.69, 9.17) is 19.4 Å². The van der Waals surface area contributed by atoms with Crippen molar-refractivity contribution >= 4 is 76.3 Å². The lowest BCUT2D eigenvalue weighted by Crippen LogP contribution is -2.14. The minimum atomic E-state index is -0.0946. The van der Waals surface area contributed by atoms with Crippen molar-refractivity contribution in [3.05, 3.63) is 248 Å². The number of fused-ring (bicyclic) bond motifs is 14. The molecule has 6 heteroatoms. The van der Waals surface area contributed by atoms with Crippen LogP contribution in [0.25, 0.3) is 144 Å². The Morgan fingerprint density at radius 2 is 0.961 bits per heavy atom. The molecule has 6 nitrogen and oxygen atoms in total. The molecule has 16 rings (SSSR count). The average molecular weight is 972 g/mol. The van der Waals surface area contributed by atoms with Gasteiger partial charge in [0.25, 0.3) is 0 Å². The highest BCUT2D eigenvalue weighted by Crippen LogP contribution is 2.50. The van der Waals surface area contributed by atoms with Gasteiger partial charge < -0.3 is 8.98 Å². The number of para-hydroxylation sites is 4. The lowest BCUT2D eigenvalue weighted by Gasteiger charge is -2.22. The molecule has 0 unspecified atom stereocenters. The van der Waals surface area contributed by atoms with E-state index in [0.717, 1.165) is 82.7 Å². The van der Waals surface area contributed by atoms with Crippen LogP contribution in [-0.2, 0) is 5.41 Å². The Labute approximate surface area is 437 Å². The summed E-state index contributed by atoms with van der Waals surface area (Å²) in [6, 6.07) is 85.1. The van der Waals surface area contributed by atoms with Crippen LogP contribution in [0.4, 0.5) is 0 Å². The SMILES string of the molecule is CC1(C)c2ccccc2-c2ccc(-c3cccc(-c4cccc5c6c7ccccc7ccc6n(-c6cccc(-c7nc(-c8ccc9c(c8)oc8ccccc89)nc(-n8c9ccccc9c9ccccc98)n7)c6)c45)c3)cc21. The Hall–Kier alpha value is -9.91. The van der Waals surface area contributed by atoms with E-state index >= 15 is 0 Å². The van der Waals surface area contributed by atoms with Crippen molar-refractivity contribution in [2.24, 2.45) is 0 Å². The van der Waals surface area contributed by atoms with E-state index in [2.05, 4.69) is 241 Å². The summed E-state index contributed by atoms with van der Waals surface area (Å²) in [7, 11) is 0. The van der Waals surface area contributed by atoms with Crippen molar-refractivity contribution in [1.29, 1.82) is 0 Å². The largest absolute Gasteiger partial charge is 0.456 e. The minimum Gasteiger partial charge on any atom is -0.456 e. The summed E-state index contributed by atoms with van der Waals surface area (Å²) in [5.41, 5.74) is 18.6. The van der Waals surface area contributed by atoms with Gasteiger partial charge in [-0.1, -0.05) is 190 Å². The van der Waals surface area contributed by atoms with Crippen molar-refractivity contribution in [1.82, 2.24) is 24.1 Å². The van der Waals surface area contributed by atoms with Gasteiger partial charge in [-0.05, 0) is 110 Å². The normalized spacial score (nSPS) is 13.0. The lowest BCUT2D eigenvalue weighted by molar-refractivity contribution is 0.660. The number of benzene rings is 11. The molecule has 0 saturated carbocycles. The van der Waals surface area contributed by atoms with Crippen LogP contribution in [0.1, 0.15) is 25.0 Å². The first-order chi connectivity index (χ1) is 37.4. The predicted molar refractivity (Wildman–Crippen MR) is 313 cm³/mol. The fourth-order valence-corrected chi connectivity index (χ4v) is 12.6. The number of nitrogens with zero attached hydrogens (tertiary/aromatic N) is 5. The van der Waals surface area contributed by atoms with Gasteiger partial charge in [0.2, 0.25) is 5.95 Å². The molecule has 1 aliphatic rings. The third kappa shape index (κ3) is 6.25. The molecular formula is C70H45N5O. The first-order valence-corrected chi connectivity index (χ1v) is 26.0. The molecule has 1 aliphatic carbocycles. The number of furan rings is 1. The standard InChI is InChI=1S/C70H45N5O/c1-70(2)58-28-9-5-22-51(58)52-35-32-44(40-59(52)70)43-17-13-18-45(38-43)50-26-15-27-57-65-49-21-4-3-16-42(49)34-37-62(65)74(66(50)57)48-20-14-19-46(39-48)67-71-68(47-33-36-56-55-25-8-12-31-63(55)76-64(56)41-47)73-69(72-67)75-60-29-10-6-23-53(60)54-24-7-11-30-61(54)75/h3-41H,1-2H3. The van der Waals surface area contributed by atoms with Gasteiger partial charge in [-0.3, -0.25) is 4.57 Å². The topological polar surface area (TPSA) is 61.7 Å². The molecule has 0 atom stereocenters. The smallest absolute Gasteiger partial charge is 0.238 e. The van der Waals surface area contributed by atoms with Crippen LogP contribution in [0.5, 0.6) is 0 Å². The monoisotopic (exact) mass is 971 g/mol. The molecule has 76 heavy (non-hydrogen) atoms. The first kappa shape index (κ1) is 42.6. The molecule has 0 saturated heterocycles. The van der Waals surface area contributed by atoms with Crippen LogP contribution in [-0.4, -0.2) is 24.1 Å². The molecular weight excluding hydrogens is 927 g/mol. The third-order valence-electron chi connectivity index (χ3n) is 16.2. The summed E-state index contributed by atoms with van der Waals surface area (Å²) < 4.78 is 11.0. The Kier molecular flexibility index (Phi) is 8.99. The third-order valence-corrected chi connectivity index (χ3v) is 16.2. The summed E-state index contributed by atoms with van der Waals surface area (Å²) >= 11 is 0. The molecule has 0 amide bonds. The van der Waals surface area contributed by atoms with Crippen LogP contribution >= 0.6 is 0 Å². The number of hydrogen-bond acceptors (Lipinski definition) is 4.